The standard InChI is InChI=1S/C17H14ClFN2OS/c1-2-21(16(22)9-11-5-3-4-6-13(11)19)17-20-14-10-12(18)7-8-15(14)23-17/h3-8,10H,2,9H2,1H3. The second-order valence-corrected chi connectivity index (χ2v) is 6.46. The Morgan fingerprint density at radius 1 is 1.30 bits per heavy atom. The maximum absolute atomic E-state index is 13.7. The van der Waals surface area contributed by atoms with E-state index in [4.69, 9.17) is 11.6 Å². The van der Waals surface area contributed by atoms with Crippen molar-refractivity contribution in [3.05, 3.63) is 58.9 Å². The molecular weight excluding hydrogens is 335 g/mol. The number of hydrogen-bond donors (Lipinski definition) is 0. The number of aromatic nitrogens is 1. The Hall–Kier alpha value is -1.98. The average molecular weight is 349 g/mol. The smallest absolute Gasteiger partial charge is 0.233 e. The molecule has 1 heterocycles. The van der Waals surface area contributed by atoms with Crippen LogP contribution in [-0.4, -0.2) is 17.4 Å². The van der Waals surface area contributed by atoms with Crippen molar-refractivity contribution < 1.29 is 9.18 Å². The molecule has 2 aromatic carbocycles. The minimum atomic E-state index is -0.368. The Balaban J connectivity index is 1.88. The number of fused-ring (bicyclic) bond motifs is 1. The van der Waals surface area contributed by atoms with E-state index in [1.54, 1.807) is 35.2 Å². The highest BCUT2D eigenvalue weighted by Gasteiger charge is 2.19. The normalized spacial score (nSPS) is 10.9. The molecule has 0 aliphatic heterocycles. The molecule has 3 aromatic rings. The lowest BCUT2D eigenvalue weighted by molar-refractivity contribution is -0.118. The lowest BCUT2D eigenvalue weighted by Gasteiger charge is -2.17. The van der Waals surface area contributed by atoms with Crippen molar-refractivity contribution in [2.75, 3.05) is 11.4 Å². The molecule has 6 heteroatoms. The molecule has 3 nitrogen and oxygen atoms in total. The average Bonchev–Trinajstić information content (AvgIpc) is 2.93. The van der Waals surface area contributed by atoms with Crippen molar-refractivity contribution in [2.45, 2.75) is 13.3 Å². The number of nitrogens with zero attached hydrogens (tertiary/aromatic N) is 2. The Bertz CT molecular complexity index is 865. The molecule has 0 saturated carbocycles. The van der Waals surface area contributed by atoms with Crippen LogP contribution in [0.4, 0.5) is 9.52 Å². The highest BCUT2D eigenvalue weighted by atomic mass is 35.5. The van der Waals surface area contributed by atoms with Gasteiger partial charge in [-0.2, -0.15) is 0 Å². The summed E-state index contributed by atoms with van der Waals surface area (Å²) < 4.78 is 14.7. The maximum Gasteiger partial charge on any atom is 0.233 e. The molecule has 23 heavy (non-hydrogen) atoms. The van der Waals surface area contributed by atoms with E-state index in [1.165, 1.54) is 17.4 Å². The lowest BCUT2D eigenvalue weighted by Crippen LogP contribution is -2.32. The van der Waals surface area contributed by atoms with E-state index in [1.807, 2.05) is 13.0 Å². The van der Waals surface area contributed by atoms with E-state index < -0.39 is 0 Å². The van der Waals surface area contributed by atoms with Gasteiger partial charge in [0.15, 0.2) is 5.13 Å². The van der Waals surface area contributed by atoms with E-state index in [0.29, 0.717) is 22.3 Å². The van der Waals surface area contributed by atoms with Crippen LogP contribution in [0.2, 0.25) is 5.02 Å². The van der Waals surface area contributed by atoms with E-state index >= 15 is 0 Å². The van der Waals surface area contributed by atoms with E-state index in [9.17, 15) is 9.18 Å². The summed E-state index contributed by atoms with van der Waals surface area (Å²) in [5, 5.41) is 1.21. The van der Waals surface area contributed by atoms with Crippen molar-refractivity contribution in [3.63, 3.8) is 0 Å². The number of thiazole rings is 1. The predicted octanol–water partition coefficient (Wildman–Crippen LogP) is 4.68. The van der Waals surface area contributed by atoms with Gasteiger partial charge in [-0.05, 0) is 36.8 Å². The van der Waals surface area contributed by atoms with E-state index in [0.717, 1.165) is 10.2 Å². The van der Waals surface area contributed by atoms with Crippen LogP contribution in [0.3, 0.4) is 0 Å². The molecule has 0 saturated heterocycles. The van der Waals surface area contributed by atoms with Crippen molar-refractivity contribution in [1.29, 1.82) is 0 Å². The van der Waals surface area contributed by atoms with E-state index in [2.05, 4.69) is 4.98 Å². The van der Waals surface area contributed by atoms with Crippen molar-refractivity contribution in [1.82, 2.24) is 4.98 Å². The van der Waals surface area contributed by atoms with Crippen LogP contribution in [0, 0.1) is 5.82 Å². The zero-order valence-corrected chi connectivity index (χ0v) is 14.0. The Morgan fingerprint density at radius 3 is 2.83 bits per heavy atom. The van der Waals surface area contributed by atoms with Crippen LogP contribution in [0.25, 0.3) is 10.2 Å². The molecule has 0 bridgehead atoms. The van der Waals surface area contributed by atoms with Gasteiger partial charge in [-0.1, -0.05) is 41.1 Å². The number of rotatable bonds is 4. The summed E-state index contributed by atoms with van der Waals surface area (Å²) in [4.78, 5) is 18.6. The number of halogens is 2. The van der Waals surface area contributed by atoms with E-state index in [-0.39, 0.29) is 18.1 Å². The minimum absolute atomic E-state index is 0.0111. The SMILES string of the molecule is CCN(C(=O)Cc1ccccc1F)c1nc2cc(Cl)ccc2s1. The van der Waals surface area contributed by atoms with Gasteiger partial charge in [-0.3, -0.25) is 9.69 Å². The third-order valence-corrected chi connectivity index (χ3v) is 4.78. The molecule has 0 aliphatic rings. The number of hydrogen-bond acceptors (Lipinski definition) is 3. The van der Waals surface area contributed by atoms with Gasteiger partial charge in [0.25, 0.3) is 0 Å². The first kappa shape index (κ1) is 15.9. The second kappa shape index (κ2) is 6.64. The summed E-state index contributed by atoms with van der Waals surface area (Å²) in [7, 11) is 0. The van der Waals surface area contributed by atoms with Crippen LogP contribution < -0.4 is 4.90 Å². The predicted molar refractivity (Wildman–Crippen MR) is 92.8 cm³/mol. The van der Waals surface area contributed by atoms with Crippen molar-refractivity contribution in [3.8, 4) is 0 Å². The highest BCUT2D eigenvalue weighted by Crippen LogP contribution is 2.30. The zero-order chi connectivity index (χ0) is 16.4. The van der Waals surface area contributed by atoms with Gasteiger partial charge in [0.1, 0.15) is 5.82 Å². The quantitative estimate of drug-likeness (QED) is 0.685. The molecule has 0 atom stereocenters. The fourth-order valence-electron chi connectivity index (χ4n) is 2.32. The number of benzene rings is 2. The fraction of sp³-hybridized carbons (Fsp3) is 0.176. The fourth-order valence-corrected chi connectivity index (χ4v) is 3.52. The lowest BCUT2D eigenvalue weighted by atomic mass is 10.1. The summed E-state index contributed by atoms with van der Waals surface area (Å²) >= 11 is 7.39. The van der Waals surface area contributed by atoms with Gasteiger partial charge >= 0.3 is 0 Å². The van der Waals surface area contributed by atoms with Crippen LogP contribution in [0.15, 0.2) is 42.5 Å². The molecule has 0 radical (unpaired) electrons. The van der Waals surface area contributed by atoms with Gasteiger partial charge in [0, 0.05) is 11.6 Å². The van der Waals surface area contributed by atoms with Gasteiger partial charge in [-0.15, -0.1) is 0 Å². The number of carbonyl (C=O) groups excluding carboxylic acids is 1. The van der Waals surface area contributed by atoms with Gasteiger partial charge in [-0.25, -0.2) is 9.37 Å². The third-order valence-electron chi connectivity index (χ3n) is 3.49. The number of likely N-dealkylation sites (N-methyl/N-ethyl adjacent to an activating group) is 1. The topological polar surface area (TPSA) is 33.2 Å². The van der Waals surface area contributed by atoms with Crippen molar-refractivity contribution >= 4 is 44.2 Å². The number of anilines is 1. The Morgan fingerprint density at radius 2 is 2.09 bits per heavy atom. The van der Waals surface area contributed by atoms with Crippen molar-refractivity contribution in [2.24, 2.45) is 0 Å². The first-order chi connectivity index (χ1) is 11.1. The number of carbonyl (C=O) groups is 1. The second-order valence-electron chi connectivity index (χ2n) is 5.01. The molecule has 1 aromatic heterocycles. The molecular formula is C17H14ClFN2OS. The summed E-state index contributed by atoms with van der Waals surface area (Å²) in [6.45, 7) is 2.35. The molecule has 3 rings (SSSR count). The van der Waals surface area contributed by atoms with Crippen LogP contribution in [0.1, 0.15) is 12.5 Å². The minimum Gasteiger partial charge on any atom is -0.288 e. The van der Waals surface area contributed by atoms with Crippen LogP contribution >= 0.6 is 22.9 Å². The first-order valence-corrected chi connectivity index (χ1v) is 8.38. The summed E-state index contributed by atoms with van der Waals surface area (Å²) in [6.07, 6.45) is 0.0111. The maximum atomic E-state index is 13.7. The van der Waals surface area contributed by atoms with Gasteiger partial charge < -0.3 is 0 Å². The molecule has 0 aliphatic carbocycles. The molecule has 0 unspecified atom stereocenters. The summed E-state index contributed by atoms with van der Waals surface area (Å²) in [6, 6.07) is 11.8. The third kappa shape index (κ3) is 3.35. The monoisotopic (exact) mass is 348 g/mol. The Labute approximate surface area is 142 Å². The summed E-state index contributed by atoms with van der Waals surface area (Å²) in [5.41, 5.74) is 1.15. The molecule has 118 valence electrons. The molecule has 0 N–H and O–H groups in total. The largest absolute Gasteiger partial charge is 0.288 e. The summed E-state index contributed by atoms with van der Waals surface area (Å²) in [5.74, 6) is -0.546. The molecule has 1 amide bonds. The van der Waals surface area contributed by atoms with Gasteiger partial charge in [0.05, 0.1) is 16.6 Å². The van der Waals surface area contributed by atoms with Gasteiger partial charge in [0.2, 0.25) is 5.91 Å². The molecule has 0 fully saturated rings. The zero-order valence-electron chi connectivity index (χ0n) is 12.4. The molecule has 0 spiro atoms. The number of amides is 1. The first-order valence-electron chi connectivity index (χ1n) is 7.18. The van der Waals surface area contributed by atoms with Crippen LogP contribution in [0.5, 0.6) is 0 Å². The highest BCUT2D eigenvalue weighted by molar-refractivity contribution is 7.22. The van der Waals surface area contributed by atoms with Crippen LogP contribution in [-0.2, 0) is 11.2 Å². The Kier molecular flexibility index (Phi) is 4.59.